The van der Waals surface area contributed by atoms with E-state index in [1.807, 2.05) is 0 Å². The maximum atomic E-state index is 12.7. The van der Waals surface area contributed by atoms with Gasteiger partial charge in [-0.1, -0.05) is 11.6 Å². The number of nitrogens with zero attached hydrogens (tertiary/aromatic N) is 2. The Balaban J connectivity index is 1.95. The highest BCUT2D eigenvalue weighted by Crippen LogP contribution is 2.31. The third kappa shape index (κ3) is 5.18. The van der Waals surface area contributed by atoms with Crippen LogP contribution in [0.4, 0.5) is 11.4 Å². The predicted octanol–water partition coefficient (Wildman–Crippen LogP) is 4.71. The molecule has 1 heterocycles. The number of carboxylic acid groups (broad SMARTS) is 1. The first-order valence-corrected chi connectivity index (χ1v) is 9.86. The van der Waals surface area contributed by atoms with Gasteiger partial charge < -0.3 is 25.3 Å². The molecule has 0 aliphatic rings. The summed E-state index contributed by atoms with van der Waals surface area (Å²) in [5.74, 6) is -2.29. The van der Waals surface area contributed by atoms with Crippen LogP contribution in [0, 0.1) is 6.92 Å². The maximum Gasteiger partial charge on any atom is 0.335 e. The number of aliphatic hydroxyl groups excluding tert-OH is 1. The van der Waals surface area contributed by atoms with Crippen LogP contribution in [0.15, 0.2) is 62.9 Å². The van der Waals surface area contributed by atoms with E-state index in [0.29, 0.717) is 5.52 Å². The second kappa shape index (κ2) is 9.53. The van der Waals surface area contributed by atoms with Gasteiger partial charge in [0.15, 0.2) is 5.70 Å². The third-order valence-corrected chi connectivity index (χ3v) is 4.93. The van der Waals surface area contributed by atoms with Gasteiger partial charge in [-0.05, 0) is 49.7 Å². The van der Waals surface area contributed by atoms with Crippen LogP contribution in [0.5, 0.6) is 5.75 Å². The summed E-state index contributed by atoms with van der Waals surface area (Å²) in [6.45, 7) is 3.00. The van der Waals surface area contributed by atoms with Gasteiger partial charge >= 0.3 is 5.97 Å². The number of nitrogens with one attached hydrogen (secondary N) is 2. The Labute approximate surface area is 192 Å². The van der Waals surface area contributed by atoms with E-state index in [-0.39, 0.29) is 33.3 Å². The summed E-state index contributed by atoms with van der Waals surface area (Å²) in [6.07, 6.45) is 0. The fourth-order valence-electron chi connectivity index (χ4n) is 3.02. The van der Waals surface area contributed by atoms with Crippen LogP contribution >= 0.6 is 11.6 Å². The van der Waals surface area contributed by atoms with E-state index < -0.39 is 23.3 Å². The van der Waals surface area contributed by atoms with Crippen molar-refractivity contribution < 1.29 is 24.5 Å². The fraction of sp³-hybridized carbons (Fsp3) is 0.136. The van der Waals surface area contributed by atoms with Gasteiger partial charge in [0, 0.05) is 11.5 Å². The number of H-pyrrole nitrogens is 1. The number of halogens is 1. The molecule has 0 radical (unpaired) electrons. The Bertz CT molecular complexity index is 1390. The summed E-state index contributed by atoms with van der Waals surface area (Å²) in [7, 11) is 1.35. The molecular weight excluding hydrogens is 452 g/mol. The first-order valence-electron chi connectivity index (χ1n) is 9.48. The average Bonchev–Trinajstić information content (AvgIpc) is 2.74. The third-order valence-electron chi connectivity index (χ3n) is 4.63. The number of rotatable bonds is 6. The number of aryl methyl sites for hydroxylation is 1. The van der Waals surface area contributed by atoms with E-state index in [1.54, 1.807) is 13.0 Å². The number of methoxy groups -OCH3 is 1. The Morgan fingerprint density at radius 3 is 2.52 bits per heavy atom. The molecule has 11 heteroatoms. The molecule has 0 unspecified atom stereocenters. The molecule has 1 amide bonds. The lowest BCUT2D eigenvalue weighted by Gasteiger charge is -2.11. The van der Waals surface area contributed by atoms with Crippen LogP contribution in [-0.2, 0) is 4.79 Å². The van der Waals surface area contributed by atoms with Crippen LogP contribution < -0.4 is 15.6 Å². The number of carbonyl (C=O) groups is 2. The molecule has 0 saturated carbocycles. The zero-order chi connectivity index (χ0) is 24.3. The lowest BCUT2D eigenvalue weighted by atomic mass is 10.1. The van der Waals surface area contributed by atoms with Gasteiger partial charge in [-0.15, -0.1) is 10.2 Å². The van der Waals surface area contributed by atoms with E-state index in [2.05, 4.69) is 20.5 Å². The molecule has 0 saturated heterocycles. The normalized spacial score (nSPS) is 12.0. The summed E-state index contributed by atoms with van der Waals surface area (Å²) in [5.41, 5.74) is 0.606. The molecule has 33 heavy (non-hydrogen) atoms. The van der Waals surface area contributed by atoms with Gasteiger partial charge in [-0.2, -0.15) is 0 Å². The van der Waals surface area contributed by atoms with Crippen LogP contribution in [0.25, 0.3) is 10.9 Å². The molecule has 0 spiro atoms. The fourth-order valence-corrected chi connectivity index (χ4v) is 3.22. The zero-order valence-corrected chi connectivity index (χ0v) is 18.5. The highest BCUT2D eigenvalue weighted by atomic mass is 35.5. The Morgan fingerprint density at radius 2 is 1.88 bits per heavy atom. The molecule has 3 rings (SSSR count). The van der Waals surface area contributed by atoms with Crippen LogP contribution in [0.1, 0.15) is 22.8 Å². The van der Waals surface area contributed by atoms with Gasteiger partial charge in [0.25, 0.3) is 5.91 Å². The molecule has 0 fully saturated rings. The molecule has 170 valence electrons. The number of fused-ring (bicyclic) bond motifs is 1. The molecule has 0 atom stereocenters. The molecule has 0 aliphatic carbocycles. The number of aromatic amines is 1. The van der Waals surface area contributed by atoms with E-state index in [0.717, 1.165) is 10.9 Å². The number of ether oxygens (including phenoxy) is 1. The van der Waals surface area contributed by atoms with Crippen molar-refractivity contribution in [3.8, 4) is 5.75 Å². The lowest BCUT2D eigenvalue weighted by Crippen LogP contribution is -2.15. The van der Waals surface area contributed by atoms with Crippen molar-refractivity contribution in [2.75, 3.05) is 12.4 Å². The summed E-state index contributed by atoms with van der Waals surface area (Å²) >= 11 is 6.28. The minimum atomic E-state index is -1.19. The van der Waals surface area contributed by atoms with E-state index in [4.69, 9.17) is 16.3 Å². The molecule has 1 aromatic heterocycles. The largest absolute Gasteiger partial charge is 0.510 e. The standard InChI is InChI=1S/C22H19ClN4O6/c1-10-6-19(29)24-15-9-16(14(23)8-13(10)15)26-27-20(11(2)28)21(30)25-17-7-12(22(31)32)4-5-18(17)33-3/h4-9,28H,1-3H3,(H,24,29)(H,25,30)(H,31,32)/b20-11+,27-26?. The van der Waals surface area contributed by atoms with Gasteiger partial charge in [-0.25, -0.2) is 4.79 Å². The number of carbonyl (C=O) groups excluding carboxylic acids is 1. The minimum absolute atomic E-state index is 0.0631. The quantitative estimate of drug-likeness (QED) is 0.232. The van der Waals surface area contributed by atoms with Crippen LogP contribution in [0.3, 0.4) is 0 Å². The second-order valence-corrected chi connectivity index (χ2v) is 7.38. The first-order chi connectivity index (χ1) is 15.6. The second-order valence-electron chi connectivity index (χ2n) is 6.97. The van der Waals surface area contributed by atoms with Gasteiger partial charge in [-0.3, -0.25) is 9.59 Å². The molecule has 4 N–H and O–H groups in total. The summed E-state index contributed by atoms with van der Waals surface area (Å²) in [6, 6.07) is 8.45. The number of hydrogen-bond donors (Lipinski definition) is 4. The highest BCUT2D eigenvalue weighted by Gasteiger charge is 2.17. The maximum absolute atomic E-state index is 12.7. The number of anilines is 1. The number of amides is 1. The van der Waals surface area contributed by atoms with Crippen molar-refractivity contribution in [3.63, 3.8) is 0 Å². The first kappa shape index (κ1) is 23.5. The number of aromatic nitrogens is 1. The van der Waals surface area contributed by atoms with Gasteiger partial charge in [0.1, 0.15) is 17.2 Å². The number of carboxylic acids is 1. The molecular formula is C22H19ClN4O6. The van der Waals surface area contributed by atoms with E-state index >= 15 is 0 Å². The summed E-state index contributed by atoms with van der Waals surface area (Å²) in [5, 5.41) is 30.3. The number of azo groups is 1. The molecule has 0 aliphatic heterocycles. The van der Waals surface area contributed by atoms with Crippen molar-refractivity contribution in [1.29, 1.82) is 0 Å². The molecule has 10 nitrogen and oxygen atoms in total. The predicted molar refractivity (Wildman–Crippen MR) is 123 cm³/mol. The summed E-state index contributed by atoms with van der Waals surface area (Å²) < 4.78 is 5.14. The SMILES string of the molecule is COc1ccc(C(=O)O)cc1NC(=O)/C(N=Nc1cc2[nH]c(=O)cc(C)c2cc1Cl)=C(/C)O. The zero-order valence-electron chi connectivity index (χ0n) is 17.8. The number of allylic oxidation sites excluding steroid dienone is 1. The Hall–Kier alpha value is -4.18. The monoisotopic (exact) mass is 470 g/mol. The van der Waals surface area contributed by atoms with Gasteiger partial charge in [0.05, 0.1) is 28.9 Å². The highest BCUT2D eigenvalue weighted by molar-refractivity contribution is 6.33. The van der Waals surface area contributed by atoms with Crippen molar-refractivity contribution in [1.82, 2.24) is 4.98 Å². The van der Waals surface area contributed by atoms with Crippen molar-refractivity contribution >= 4 is 45.8 Å². The topological polar surface area (TPSA) is 153 Å². The Morgan fingerprint density at radius 1 is 1.15 bits per heavy atom. The average molecular weight is 471 g/mol. The van der Waals surface area contributed by atoms with Crippen LogP contribution in [-0.4, -0.2) is 34.2 Å². The lowest BCUT2D eigenvalue weighted by molar-refractivity contribution is -0.113. The number of aliphatic hydroxyl groups is 1. The van der Waals surface area contributed by atoms with E-state index in [1.165, 1.54) is 44.4 Å². The number of pyridine rings is 1. The molecule has 0 bridgehead atoms. The summed E-state index contributed by atoms with van der Waals surface area (Å²) in [4.78, 5) is 38.4. The molecule has 3 aromatic rings. The smallest absolute Gasteiger partial charge is 0.335 e. The van der Waals surface area contributed by atoms with Gasteiger partial charge in [0.2, 0.25) is 5.56 Å². The van der Waals surface area contributed by atoms with Crippen LogP contribution in [0.2, 0.25) is 5.02 Å². The van der Waals surface area contributed by atoms with Crippen molar-refractivity contribution in [2.45, 2.75) is 13.8 Å². The van der Waals surface area contributed by atoms with Crippen molar-refractivity contribution in [2.24, 2.45) is 10.2 Å². The molecule has 2 aromatic carbocycles. The number of benzene rings is 2. The van der Waals surface area contributed by atoms with E-state index in [9.17, 15) is 24.6 Å². The minimum Gasteiger partial charge on any atom is -0.510 e. The Kier molecular flexibility index (Phi) is 6.78. The van der Waals surface area contributed by atoms with Crippen molar-refractivity contribution in [3.05, 3.63) is 74.4 Å². The number of aromatic carboxylic acids is 1. The number of hydrogen-bond acceptors (Lipinski definition) is 7.